The number of ether oxygens (including phenoxy) is 1. The lowest BCUT2D eigenvalue weighted by atomic mass is 9.75. The number of thiocarbonyl (C=S) groups is 1. The maximum absolute atomic E-state index is 13.6. The lowest BCUT2D eigenvalue weighted by Crippen LogP contribution is -2.55. The third-order valence-corrected chi connectivity index (χ3v) is 7.66. The molecule has 6 nitrogen and oxygen atoms in total. The van der Waals surface area contributed by atoms with Crippen molar-refractivity contribution in [3.63, 3.8) is 0 Å². The lowest BCUT2D eigenvalue weighted by molar-refractivity contribution is -0.138. The van der Waals surface area contributed by atoms with E-state index in [0.717, 1.165) is 49.9 Å². The SMILES string of the molecule is Cc1ncc(N2C(=O)C3(CCC3)N(c3ccc(OC4CCN(C)CC4)cc3)C2=S)cc1C(F)(F)F. The van der Waals surface area contributed by atoms with Crippen LogP contribution in [0.4, 0.5) is 24.5 Å². The Morgan fingerprint density at radius 1 is 1.11 bits per heavy atom. The molecular weight excluding hydrogens is 477 g/mol. The van der Waals surface area contributed by atoms with Gasteiger partial charge in [0.1, 0.15) is 17.4 Å². The molecule has 1 amide bonds. The molecule has 35 heavy (non-hydrogen) atoms. The number of halogens is 3. The van der Waals surface area contributed by atoms with Crippen LogP contribution in [0.2, 0.25) is 0 Å². The zero-order valence-electron chi connectivity index (χ0n) is 19.6. The Kier molecular flexibility index (Phi) is 5.99. The topological polar surface area (TPSA) is 48.9 Å². The number of pyridine rings is 1. The summed E-state index contributed by atoms with van der Waals surface area (Å²) in [5.41, 5.74) is -1.14. The molecular formula is C25H27F3N4O2S. The van der Waals surface area contributed by atoms with Crippen LogP contribution in [0.25, 0.3) is 0 Å². The number of benzene rings is 1. The van der Waals surface area contributed by atoms with Crippen LogP contribution in [-0.4, -0.2) is 52.7 Å². The summed E-state index contributed by atoms with van der Waals surface area (Å²) in [7, 11) is 2.10. The number of amides is 1. The number of piperidine rings is 1. The Balaban J connectivity index is 1.42. The molecule has 1 aliphatic carbocycles. The number of carbonyl (C=O) groups is 1. The van der Waals surface area contributed by atoms with Crippen LogP contribution in [0, 0.1) is 6.92 Å². The number of aryl methyl sites for hydroxylation is 1. The van der Waals surface area contributed by atoms with Gasteiger partial charge in [-0.1, -0.05) is 0 Å². The van der Waals surface area contributed by atoms with E-state index in [9.17, 15) is 18.0 Å². The molecule has 1 aromatic carbocycles. The van der Waals surface area contributed by atoms with E-state index in [2.05, 4.69) is 16.9 Å². The van der Waals surface area contributed by atoms with E-state index in [0.29, 0.717) is 12.8 Å². The molecule has 0 N–H and O–H groups in total. The van der Waals surface area contributed by atoms with Gasteiger partial charge in [0.2, 0.25) is 0 Å². The lowest BCUT2D eigenvalue weighted by Gasteiger charge is -2.43. The van der Waals surface area contributed by atoms with Crippen LogP contribution in [-0.2, 0) is 11.0 Å². The molecule has 0 unspecified atom stereocenters. The zero-order valence-corrected chi connectivity index (χ0v) is 20.5. The van der Waals surface area contributed by atoms with Gasteiger partial charge in [0, 0.05) is 24.5 Å². The van der Waals surface area contributed by atoms with Gasteiger partial charge >= 0.3 is 6.18 Å². The number of anilines is 2. The number of hydrogen-bond donors (Lipinski definition) is 0. The number of likely N-dealkylation sites (tertiary alicyclic amines) is 1. The first-order valence-corrected chi connectivity index (χ1v) is 12.2. The summed E-state index contributed by atoms with van der Waals surface area (Å²) in [6.07, 6.45) is 0.811. The van der Waals surface area contributed by atoms with E-state index >= 15 is 0 Å². The van der Waals surface area contributed by atoms with Gasteiger partial charge in [-0.2, -0.15) is 13.2 Å². The minimum atomic E-state index is -4.57. The second-order valence-electron chi connectivity index (χ2n) is 9.58. The molecule has 1 spiro atoms. The quantitative estimate of drug-likeness (QED) is 0.550. The van der Waals surface area contributed by atoms with Crippen LogP contribution in [0.15, 0.2) is 36.5 Å². The molecule has 10 heteroatoms. The maximum Gasteiger partial charge on any atom is 0.418 e. The minimum Gasteiger partial charge on any atom is -0.490 e. The van der Waals surface area contributed by atoms with Crippen LogP contribution >= 0.6 is 12.2 Å². The summed E-state index contributed by atoms with van der Waals surface area (Å²) in [6.45, 7) is 3.29. The van der Waals surface area contributed by atoms with Crippen LogP contribution < -0.4 is 14.5 Å². The third-order valence-electron chi connectivity index (χ3n) is 7.29. The Bertz CT molecular complexity index is 1140. The van der Waals surface area contributed by atoms with Crippen molar-refractivity contribution in [3.05, 3.63) is 47.8 Å². The fourth-order valence-electron chi connectivity index (χ4n) is 5.11. The van der Waals surface area contributed by atoms with Gasteiger partial charge < -0.3 is 14.5 Å². The number of aromatic nitrogens is 1. The van der Waals surface area contributed by atoms with Crippen LogP contribution in [0.5, 0.6) is 5.75 Å². The van der Waals surface area contributed by atoms with Gasteiger partial charge in [-0.15, -0.1) is 0 Å². The van der Waals surface area contributed by atoms with E-state index in [1.807, 2.05) is 24.3 Å². The fraction of sp³-hybridized carbons (Fsp3) is 0.480. The van der Waals surface area contributed by atoms with Gasteiger partial charge in [-0.05, 0) is 88.6 Å². The third kappa shape index (κ3) is 4.16. The maximum atomic E-state index is 13.6. The first-order chi connectivity index (χ1) is 16.6. The molecule has 3 heterocycles. The Hall–Kier alpha value is -2.72. The molecule has 1 saturated carbocycles. The summed E-state index contributed by atoms with van der Waals surface area (Å²) >= 11 is 5.68. The zero-order chi connectivity index (χ0) is 25.0. The van der Waals surface area contributed by atoms with Crippen LogP contribution in [0.3, 0.4) is 0 Å². The number of hydrogen-bond acceptors (Lipinski definition) is 5. The smallest absolute Gasteiger partial charge is 0.418 e. The Morgan fingerprint density at radius 2 is 1.77 bits per heavy atom. The summed E-state index contributed by atoms with van der Waals surface area (Å²) in [5.74, 6) is 0.441. The minimum absolute atomic E-state index is 0.0360. The van der Waals surface area contributed by atoms with E-state index in [1.54, 1.807) is 4.90 Å². The average molecular weight is 505 g/mol. The molecule has 2 aliphatic heterocycles. The molecule has 5 rings (SSSR count). The van der Waals surface area contributed by atoms with Crippen molar-refractivity contribution in [1.29, 1.82) is 0 Å². The standard InChI is InChI=1S/C25H27F3N4O2S/c1-16-21(25(26,27)28)14-18(15-29-16)31-22(33)24(10-3-11-24)32(23(31)35)17-4-6-19(7-5-17)34-20-8-12-30(2)13-9-20/h4-7,14-15,20H,3,8-13H2,1-2H3. The van der Waals surface area contributed by atoms with E-state index < -0.39 is 17.3 Å². The molecule has 2 aromatic rings. The Morgan fingerprint density at radius 3 is 2.34 bits per heavy atom. The first kappa shape index (κ1) is 24.0. The van der Waals surface area contributed by atoms with Gasteiger partial charge in [-0.3, -0.25) is 14.7 Å². The number of rotatable bonds is 4. The molecule has 3 fully saturated rings. The highest BCUT2D eigenvalue weighted by Crippen LogP contribution is 2.48. The highest BCUT2D eigenvalue weighted by Gasteiger charge is 2.59. The molecule has 0 bridgehead atoms. The van der Waals surface area contributed by atoms with Crippen molar-refractivity contribution in [2.75, 3.05) is 29.9 Å². The number of carbonyl (C=O) groups excluding carboxylic acids is 1. The van der Waals surface area contributed by atoms with Crippen molar-refractivity contribution in [1.82, 2.24) is 9.88 Å². The van der Waals surface area contributed by atoms with Crippen molar-refractivity contribution in [2.45, 2.75) is 56.8 Å². The van der Waals surface area contributed by atoms with Gasteiger partial charge in [0.15, 0.2) is 5.11 Å². The summed E-state index contributed by atoms with van der Waals surface area (Å²) < 4.78 is 46.7. The normalized spacial score (nSPS) is 21.1. The van der Waals surface area contributed by atoms with E-state index in [4.69, 9.17) is 17.0 Å². The summed E-state index contributed by atoms with van der Waals surface area (Å²) in [6, 6.07) is 8.42. The average Bonchev–Trinajstić information content (AvgIpc) is 3.02. The molecule has 1 aromatic heterocycles. The van der Waals surface area contributed by atoms with Crippen molar-refractivity contribution < 1.29 is 22.7 Å². The van der Waals surface area contributed by atoms with Gasteiger partial charge in [0.25, 0.3) is 5.91 Å². The van der Waals surface area contributed by atoms with E-state index in [1.165, 1.54) is 18.0 Å². The fourth-order valence-corrected chi connectivity index (χ4v) is 5.58. The molecule has 2 saturated heterocycles. The molecule has 0 atom stereocenters. The largest absolute Gasteiger partial charge is 0.490 e. The summed E-state index contributed by atoms with van der Waals surface area (Å²) in [5, 5.41) is 0.164. The van der Waals surface area contributed by atoms with Gasteiger partial charge in [-0.25, -0.2) is 0 Å². The Labute approximate surface area is 207 Å². The van der Waals surface area contributed by atoms with Crippen molar-refractivity contribution >= 4 is 34.6 Å². The van der Waals surface area contributed by atoms with E-state index in [-0.39, 0.29) is 28.5 Å². The first-order valence-electron chi connectivity index (χ1n) is 11.8. The predicted molar refractivity (Wildman–Crippen MR) is 131 cm³/mol. The van der Waals surface area contributed by atoms with Crippen molar-refractivity contribution in [2.24, 2.45) is 0 Å². The predicted octanol–water partition coefficient (Wildman–Crippen LogP) is 4.94. The number of alkyl halides is 3. The molecule has 186 valence electrons. The summed E-state index contributed by atoms with van der Waals surface area (Å²) in [4.78, 5) is 22.8. The number of nitrogens with zero attached hydrogens (tertiary/aromatic N) is 4. The molecule has 0 radical (unpaired) electrons. The second-order valence-corrected chi connectivity index (χ2v) is 9.95. The van der Waals surface area contributed by atoms with Crippen molar-refractivity contribution in [3.8, 4) is 5.75 Å². The second kappa shape index (κ2) is 8.74. The van der Waals surface area contributed by atoms with Crippen LogP contribution in [0.1, 0.15) is 43.4 Å². The highest BCUT2D eigenvalue weighted by molar-refractivity contribution is 7.81. The van der Waals surface area contributed by atoms with Gasteiger partial charge in [0.05, 0.1) is 17.4 Å². The highest BCUT2D eigenvalue weighted by atomic mass is 32.1. The molecule has 3 aliphatic rings. The monoisotopic (exact) mass is 504 g/mol.